The van der Waals surface area contributed by atoms with Crippen LogP contribution in [0.1, 0.15) is 20.3 Å². The van der Waals surface area contributed by atoms with Gasteiger partial charge < -0.3 is 4.74 Å². The number of esters is 1. The van der Waals surface area contributed by atoms with Gasteiger partial charge in [-0.05, 0) is 25.0 Å². The number of carbonyl (C=O) groups excluding carboxylic acids is 1. The summed E-state index contributed by atoms with van der Waals surface area (Å²) in [7, 11) is 3.52. The number of ether oxygens (including phenoxy) is 1. The molecule has 14 heavy (non-hydrogen) atoms. The summed E-state index contributed by atoms with van der Waals surface area (Å²) in [6, 6.07) is 0.397. The summed E-state index contributed by atoms with van der Waals surface area (Å²) in [6.07, 6.45) is 2.63. The van der Waals surface area contributed by atoms with Crippen molar-refractivity contribution < 1.29 is 9.53 Å². The van der Waals surface area contributed by atoms with E-state index in [4.69, 9.17) is 0 Å². The van der Waals surface area contributed by atoms with Crippen molar-refractivity contribution in [2.45, 2.75) is 26.3 Å². The summed E-state index contributed by atoms with van der Waals surface area (Å²) in [6.45, 7) is 5.39. The molecule has 80 valence electrons. The predicted octanol–water partition coefficient (Wildman–Crippen LogP) is 1.45. The molecule has 3 nitrogen and oxygen atoms in total. The normalized spacial score (nSPS) is 26.1. The molecule has 0 amide bonds. The number of carbonyl (C=O) groups is 1. The van der Waals surface area contributed by atoms with Gasteiger partial charge in [0.2, 0.25) is 0 Å². The second-order valence-corrected chi connectivity index (χ2v) is 4.16. The maximum absolute atomic E-state index is 11.1. The van der Waals surface area contributed by atoms with E-state index in [1.165, 1.54) is 12.7 Å². The van der Waals surface area contributed by atoms with Gasteiger partial charge >= 0.3 is 5.97 Å². The van der Waals surface area contributed by atoms with Crippen molar-refractivity contribution in [1.29, 1.82) is 0 Å². The van der Waals surface area contributed by atoms with Crippen LogP contribution in [0.4, 0.5) is 0 Å². The molecule has 0 bridgehead atoms. The molecule has 1 heterocycles. The molecule has 0 aromatic heterocycles. The Kier molecular flexibility index (Phi) is 3.69. The maximum atomic E-state index is 11.1. The smallest absolute Gasteiger partial charge is 0.330 e. The predicted molar refractivity (Wildman–Crippen MR) is 56.0 cm³/mol. The van der Waals surface area contributed by atoms with E-state index in [9.17, 15) is 4.79 Å². The van der Waals surface area contributed by atoms with Gasteiger partial charge in [-0.2, -0.15) is 0 Å². The van der Waals surface area contributed by atoms with Crippen molar-refractivity contribution in [3.05, 3.63) is 11.6 Å². The van der Waals surface area contributed by atoms with Crippen molar-refractivity contribution in [3.8, 4) is 0 Å². The lowest BCUT2D eigenvalue weighted by atomic mass is 9.97. The topological polar surface area (TPSA) is 29.5 Å². The number of hydrogen-bond donors (Lipinski definition) is 0. The second kappa shape index (κ2) is 4.60. The quantitative estimate of drug-likeness (QED) is 0.495. The lowest BCUT2D eigenvalue weighted by Crippen LogP contribution is -2.30. The molecule has 0 aliphatic carbocycles. The molecule has 1 atom stereocenters. The SMILES string of the molecule is COC(=O)/C=C1\CCN(C)C1C(C)C. The Balaban J connectivity index is 2.78. The van der Waals surface area contributed by atoms with Gasteiger partial charge in [0.05, 0.1) is 7.11 Å². The number of likely N-dealkylation sites (tertiary alicyclic amines) is 1. The third kappa shape index (κ3) is 2.35. The number of likely N-dealkylation sites (N-methyl/N-ethyl adjacent to an activating group) is 1. The van der Waals surface area contributed by atoms with Crippen LogP contribution >= 0.6 is 0 Å². The van der Waals surface area contributed by atoms with Gasteiger partial charge in [0.15, 0.2) is 0 Å². The van der Waals surface area contributed by atoms with Gasteiger partial charge in [-0.15, -0.1) is 0 Å². The molecular formula is C11H19NO2. The molecule has 1 rings (SSSR count). The number of hydrogen-bond acceptors (Lipinski definition) is 3. The summed E-state index contributed by atoms with van der Waals surface area (Å²) < 4.78 is 4.64. The summed E-state index contributed by atoms with van der Waals surface area (Å²) in [5.41, 5.74) is 1.20. The molecular weight excluding hydrogens is 178 g/mol. The van der Waals surface area contributed by atoms with Crippen molar-refractivity contribution in [3.63, 3.8) is 0 Å². The fraction of sp³-hybridized carbons (Fsp3) is 0.727. The summed E-state index contributed by atoms with van der Waals surface area (Å²) in [5, 5.41) is 0. The Labute approximate surface area is 85.7 Å². The molecule has 1 fully saturated rings. The van der Waals surface area contributed by atoms with E-state index in [2.05, 4.69) is 30.5 Å². The molecule has 1 aliphatic rings. The average molecular weight is 197 g/mol. The molecule has 0 aromatic rings. The monoisotopic (exact) mass is 197 g/mol. The highest BCUT2D eigenvalue weighted by Crippen LogP contribution is 2.27. The standard InChI is InChI=1S/C11H19NO2/c1-8(2)11-9(5-6-12(11)3)7-10(13)14-4/h7-8,11H,5-6H2,1-4H3/b9-7+. The maximum Gasteiger partial charge on any atom is 0.330 e. The minimum atomic E-state index is -0.235. The van der Waals surface area contributed by atoms with E-state index < -0.39 is 0 Å². The van der Waals surface area contributed by atoms with Crippen molar-refractivity contribution in [2.24, 2.45) is 5.92 Å². The first kappa shape index (κ1) is 11.2. The van der Waals surface area contributed by atoms with Gasteiger partial charge in [0.1, 0.15) is 0 Å². The minimum Gasteiger partial charge on any atom is -0.466 e. The van der Waals surface area contributed by atoms with E-state index in [0.29, 0.717) is 12.0 Å². The Hall–Kier alpha value is -0.830. The third-order valence-corrected chi connectivity index (χ3v) is 2.74. The van der Waals surface area contributed by atoms with Crippen LogP contribution < -0.4 is 0 Å². The van der Waals surface area contributed by atoms with Gasteiger partial charge in [0.25, 0.3) is 0 Å². The molecule has 0 N–H and O–H groups in total. The lowest BCUT2D eigenvalue weighted by Gasteiger charge is -2.24. The van der Waals surface area contributed by atoms with Crippen LogP contribution in [0.15, 0.2) is 11.6 Å². The molecule has 0 saturated carbocycles. The zero-order valence-corrected chi connectivity index (χ0v) is 9.41. The number of rotatable bonds is 2. The Morgan fingerprint density at radius 3 is 2.79 bits per heavy atom. The largest absolute Gasteiger partial charge is 0.466 e. The minimum absolute atomic E-state index is 0.235. The molecule has 0 spiro atoms. The molecule has 0 aromatic carbocycles. The van der Waals surface area contributed by atoms with E-state index in [-0.39, 0.29) is 5.97 Å². The Bertz CT molecular complexity index is 246. The van der Waals surface area contributed by atoms with Gasteiger partial charge in [-0.25, -0.2) is 4.79 Å². The third-order valence-electron chi connectivity index (χ3n) is 2.74. The first-order valence-electron chi connectivity index (χ1n) is 5.05. The molecule has 3 heteroatoms. The highest BCUT2D eigenvalue weighted by molar-refractivity contribution is 5.83. The zero-order chi connectivity index (χ0) is 10.7. The van der Waals surface area contributed by atoms with Crippen LogP contribution in [0.5, 0.6) is 0 Å². The van der Waals surface area contributed by atoms with Gasteiger partial charge in [0, 0.05) is 18.7 Å². The first-order valence-corrected chi connectivity index (χ1v) is 5.05. The van der Waals surface area contributed by atoms with Crippen LogP contribution in [-0.4, -0.2) is 37.6 Å². The fourth-order valence-corrected chi connectivity index (χ4v) is 2.18. The van der Waals surface area contributed by atoms with Crippen LogP contribution in [-0.2, 0) is 9.53 Å². The lowest BCUT2D eigenvalue weighted by molar-refractivity contribution is -0.134. The number of methoxy groups -OCH3 is 1. The van der Waals surface area contributed by atoms with Crippen LogP contribution in [0.25, 0.3) is 0 Å². The molecule has 1 aliphatic heterocycles. The van der Waals surface area contributed by atoms with Crippen LogP contribution in [0.2, 0.25) is 0 Å². The summed E-state index contributed by atoms with van der Waals surface area (Å²) >= 11 is 0. The van der Waals surface area contributed by atoms with E-state index >= 15 is 0 Å². The highest BCUT2D eigenvalue weighted by atomic mass is 16.5. The summed E-state index contributed by atoms with van der Waals surface area (Å²) in [4.78, 5) is 13.4. The average Bonchev–Trinajstić information content (AvgIpc) is 2.46. The van der Waals surface area contributed by atoms with Crippen molar-refractivity contribution in [2.75, 3.05) is 20.7 Å². The van der Waals surface area contributed by atoms with E-state index in [1.54, 1.807) is 6.08 Å². The van der Waals surface area contributed by atoms with Crippen LogP contribution in [0.3, 0.4) is 0 Å². The second-order valence-electron chi connectivity index (χ2n) is 4.16. The van der Waals surface area contributed by atoms with Crippen LogP contribution in [0, 0.1) is 5.92 Å². The van der Waals surface area contributed by atoms with E-state index in [0.717, 1.165) is 13.0 Å². The molecule has 1 saturated heterocycles. The molecule has 1 unspecified atom stereocenters. The van der Waals surface area contributed by atoms with E-state index in [1.807, 2.05) is 0 Å². The summed E-state index contributed by atoms with van der Waals surface area (Å²) in [5.74, 6) is 0.305. The Morgan fingerprint density at radius 2 is 2.29 bits per heavy atom. The number of nitrogens with zero attached hydrogens (tertiary/aromatic N) is 1. The van der Waals surface area contributed by atoms with Gasteiger partial charge in [-0.3, -0.25) is 4.90 Å². The van der Waals surface area contributed by atoms with Crippen molar-refractivity contribution >= 4 is 5.97 Å². The van der Waals surface area contributed by atoms with Gasteiger partial charge in [-0.1, -0.05) is 13.8 Å². The first-order chi connectivity index (χ1) is 6.56. The Morgan fingerprint density at radius 1 is 1.64 bits per heavy atom. The molecule has 0 radical (unpaired) electrons. The highest BCUT2D eigenvalue weighted by Gasteiger charge is 2.29. The zero-order valence-electron chi connectivity index (χ0n) is 9.41. The van der Waals surface area contributed by atoms with Crippen molar-refractivity contribution in [1.82, 2.24) is 4.90 Å². The fourth-order valence-electron chi connectivity index (χ4n) is 2.18.